The second-order valence-corrected chi connectivity index (χ2v) is 6.61. The minimum Gasteiger partial charge on any atom is -0.353 e. The van der Waals surface area contributed by atoms with Crippen molar-refractivity contribution in [2.75, 3.05) is 31.1 Å². The minimum absolute atomic E-state index is 0.0400. The summed E-state index contributed by atoms with van der Waals surface area (Å²) in [4.78, 5) is 25.3. The van der Waals surface area contributed by atoms with E-state index >= 15 is 0 Å². The van der Waals surface area contributed by atoms with Gasteiger partial charge in [-0.05, 0) is 53.0 Å². The van der Waals surface area contributed by atoms with Gasteiger partial charge in [-0.1, -0.05) is 6.07 Å². The Morgan fingerprint density at radius 3 is 2.43 bits per heavy atom. The Hall–Kier alpha value is -1.95. The Morgan fingerprint density at radius 2 is 1.83 bits per heavy atom. The first-order chi connectivity index (χ1) is 11.0. The second-order valence-electron chi connectivity index (χ2n) is 5.80. The Morgan fingerprint density at radius 1 is 1.09 bits per heavy atom. The summed E-state index contributed by atoms with van der Waals surface area (Å²) in [7, 11) is 0. The maximum absolute atomic E-state index is 12.5. The van der Waals surface area contributed by atoms with Gasteiger partial charge in [0.2, 0.25) is 0 Å². The number of hydrogen-bond donors (Lipinski definition) is 0. The molecule has 2 aromatic heterocycles. The number of carbonyl (C=O) groups is 1. The van der Waals surface area contributed by atoms with E-state index in [9.17, 15) is 4.79 Å². The van der Waals surface area contributed by atoms with Gasteiger partial charge in [-0.2, -0.15) is 0 Å². The lowest BCUT2D eigenvalue weighted by Gasteiger charge is -2.36. The van der Waals surface area contributed by atoms with Crippen molar-refractivity contribution < 1.29 is 4.79 Å². The van der Waals surface area contributed by atoms with Crippen LogP contribution in [0.5, 0.6) is 0 Å². The fraction of sp³-hybridized carbons (Fsp3) is 0.353. The minimum atomic E-state index is 0.0400. The molecule has 1 aliphatic rings. The molecule has 0 radical (unpaired) electrons. The van der Waals surface area contributed by atoms with E-state index in [0.717, 1.165) is 23.5 Å². The number of anilines is 1. The molecule has 0 atom stereocenters. The number of aromatic nitrogens is 2. The van der Waals surface area contributed by atoms with Crippen molar-refractivity contribution in [2.45, 2.75) is 13.8 Å². The molecule has 0 N–H and O–H groups in total. The lowest BCUT2D eigenvalue weighted by Crippen LogP contribution is -2.49. The van der Waals surface area contributed by atoms with E-state index < -0.39 is 0 Å². The summed E-state index contributed by atoms with van der Waals surface area (Å²) in [6, 6.07) is 5.74. The van der Waals surface area contributed by atoms with Gasteiger partial charge in [0.25, 0.3) is 5.91 Å². The van der Waals surface area contributed by atoms with E-state index in [1.54, 1.807) is 18.3 Å². The highest BCUT2D eigenvalue weighted by Gasteiger charge is 2.23. The van der Waals surface area contributed by atoms with Crippen LogP contribution in [0.15, 0.2) is 35.2 Å². The third-order valence-corrected chi connectivity index (χ3v) is 4.50. The summed E-state index contributed by atoms with van der Waals surface area (Å²) in [5.74, 6) is 1.06. The maximum atomic E-state index is 12.5. The monoisotopic (exact) mass is 374 g/mol. The SMILES string of the molecule is Cc1cnc(N2CCN(C(=O)c3ccc(Br)nc3)CC2)c(C)c1. The average molecular weight is 375 g/mol. The van der Waals surface area contributed by atoms with Crippen LogP contribution in [-0.2, 0) is 0 Å². The Labute approximate surface area is 144 Å². The van der Waals surface area contributed by atoms with Crippen LogP contribution in [0, 0.1) is 13.8 Å². The van der Waals surface area contributed by atoms with Crippen LogP contribution in [0.4, 0.5) is 5.82 Å². The number of carbonyl (C=O) groups excluding carboxylic acids is 1. The van der Waals surface area contributed by atoms with Gasteiger partial charge in [0, 0.05) is 38.6 Å². The number of nitrogens with zero attached hydrogens (tertiary/aromatic N) is 4. The largest absolute Gasteiger partial charge is 0.353 e. The molecular weight excluding hydrogens is 356 g/mol. The molecule has 120 valence electrons. The van der Waals surface area contributed by atoms with E-state index in [1.165, 1.54) is 11.1 Å². The molecule has 1 amide bonds. The molecule has 0 bridgehead atoms. The maximum Gasteiger partial charge on any atom is 0.255 e. The molecule has 23 heavy (non-hydrogen) atoms. The number of aryl methyl sites for hydroxylation is 2. The fourth-order valence-electron chi connectivity index (χ4n) is 2.85. The Bertz CT molecular complexity index is 709. The Balaban J connectivity index is 1.66. The zero-order valence-corrected chi connectivity index (χ0v) is 14.9. The zero-order chi connectivity index (χ0) is 16.4. The summed E-state index contributed by atoms with van der Waals surface area (Å²) in [6.07, 6.45) is 3.51. The summed E-state index contributed by atoms with van der Waals surface area (Å²) in [5.41, 5.74) is 2.98. The molecule has 3 rings (SSSR count). The topological polar surface area (TPSA) is 49.3 Å². The summed E-state index contributed by atoms with van der Waals surface area (Å²) in [6.45, 7) is 7.12. The van der Waals surface area contributed by atoms with E-state index in [4.69, 9.17) is 0 Å². The molecule has 3 heterocycles. The van der Waals surface area contributed by atoms with E-state index in [0.29, 0.717) is 18.7 Å². The second kappa shape index (κ2) is 6.66. The van der Waals surface area contributed by atoms with Gasteiger partial charge in [-0.15, -0.1) is 0 Å². The van der Waals surface area contributed by atoms with Crippen molar-refractivity contribution in [3.8, 4) is 0 Å². The van der Waals surface area contributed by atoms with Gasteiger partial charge >= 0.3 is 0 Å². The predicted molar refractivity (Wildman–Crippen MR) is 93.8 cm³/mol. The van der Waals surface area contributed by atoms with Crippen LogP contribution in [0.2, 0.25) is 0 Å². The van der Waals surface area contributed by atoms with Crippen molar-refractivity contribution in [3.05, 3.63) is 51.9 Å². The van der Waals surface area contributed by atoms with Crippen LogP contribution in [0.1, 0.15) is 21.5 Å². The van der Waals surface area contributed by atoms with Gasteiger partial charge in [0.05, 0.1) is 5.56 Å². The van der Waals surface area contributed by atoms with E-state index in [-0.39, 0.29) is 5.91 Å². The zero-order valence-electron chi connectivity index (χ0n) is 13.3. The Kier molecular flexibility index (Phi) is 4.61. The highest BCUT2D eigenvalue weighted by atomic mass is 79.9. The molecule has 2 aromatic rings. The van der Waals surface area contributed by atoms with Crippen molar-refractivity contribution >= 4 is 27.7 Å². The normalized spacial score (nSPS) is 14.9. The first-order valence-electron chi connectivity index (χ1n) is 7.63. The number of rotatable bonds is 2. The molecule has 0 aromatic carbocycles. The van der Waals surface area contributed by atoms with Crippen LogP contribution in [-0.4, -0.2) is 47.0 Å². The first-order valence-corrected chi connectivity index (χ1v) is 8.43. The van der Waals surface area contributed by atoms with Gasteiger partial charge in [0.15, 0.2) is 0 Å². The van der Waals surface area contributed by atoms with Crippen LogP contribution in [0.25, 0.3) is 0 Å². The standard InChI is InChI=1S/C17H19BrN4O/c1-12-9-13(2)16(20-10-12)21-5-7-22(8-6-21)17(23)14-3-4-15(18)19-11-14/h3-4,9-11H,5-8H2,1-2H3. The third-order valence-electron chi connectivity index (χ3n) is 4.03. The summed E-state index contributed by atoms with van der Waals surface area (Å²) < 4.78 is 0.736. The number of pyridine rings is 2. The van der Waals surface area contributed by atoms with Crippen molar-refractivity contribution in [3.63, 3.8) is 0 Å². The lowest BCUT2D eigenvalue weighted by molar-refractivity contribution is 0.0746. The van der Waals surface area contributed by atoms with Crippen LogP contribution in [0.3, 0.4) is 0 Å². The highest BCUT2D eigenvalue weighted by Crippen LogP contribution is 2.20. The van der Waals surface area contributed by atoms with Crippen molar-refractivity contribution in [2.24, 2.45) is 0 Å². The van der Waals surface area contributed by atoms with E-state index in [1.807, 2.05) is 18.0 Å². The average Bonchev–Trinajstić information content (AvgIpc) is 2.55. The predicted octanol–water partition coefficient (Wildman–Crippen LogP) is 2.82. The molecular formula is C17H19BrN4O. The third kappa shape index (κ3) is 3.52. The first kappa shape index (κ1) is 15.9. The number of piperazine rings is 1. The van der Waals surface area contributed by atoms with E-state index in [2.05, 4.69) is 43.8 Å². The molecule has 1 aliphatic heterocycles. The highest BCUT2D eigenvalue weighted by molar-refractivity contribution is 9.10. The van der Waals surface area contributed by atoms with Gasteiger partial charge in [-0.25, -0.2) is 9.97 Å². The molecule has 1 fully saturated rings. The molecule has 0 spiro atoms. The smallest absolute Gasteiger partial charge is 0.255 e. The van der Waals surface area contributed by atoms with Crippen molar-refractivity contribution in [1.29, 1.82) is 0 Å². The molecule has 0 aliphatic carbocycles. The van der Waals surface area contributed by atoms with Crippen LogP contribution >= 0.6 is 15.9 Å². The summed E-state index contributed by atoms with van der Waals surface area (Å²) >= 11 is 3.29. The molecule has 0 saturated carbocycles. The van der Waals surface area contributed by atoms with Gasteiger partial charge in [0.1, 0.15) is 10.4 Å². The van der Waals surface area contributed by atoms with Crippen molar-refractivity contribution in [1.82, 2.24) is 14.9 Å². The molecule has 1 saturated heterocycles. The van der Waals surface area contributed by atoms with Crippen LogP contribution < -0.4 is 4.90 Å². The lowest BCUT2D eigenvalue weighted by atomic mass is 10.2. The van der Waals surface area contributed by atoms with Gasteiger partial charge < -0.3 is 9.80 Å². The number of halogens is 1. The number of amides is 1. The molecule has 5 nitrogen and oxygen atoms in total. The summed E-state index contributed by atoms with van der Waals surface area (Å²) in [5, 5.41) is 0. The fourth-order valence-corrected chi connectivity index (χ4v) is 3.08. The quantitative estimate of drug-likeness (QED) is 0.758. The molecule has 0 unspecified atom stereocenters. The van der Waals surface area contributed by atoms with Gasteiger partial charge in [-0.3, -0.25) is 4.79 Å². The number of hydrogen-bond acceptors (Lipinski definition) is 4. The molecule has 6 heteroatoms.